The minimum absolute atomic E-state index is 0.0239. The molecule has 0 saturated carbocycles. The van der Waals surface area contributed by atoms with Gasteiger partial charge >= 0.3 is 5.97 Å². The number of carboxylic acid groups (broad SMARTS) is 1. The number of para-hydroxylation sites is 1. The van der Waals surface area contributed by atoms with E-state index in [0.29, 0.717) is 56.3 Å². The van der Waals surface area contributed by atoms with Gasteiger partial charge in [0.25, 0.3) is 0 Å². The molecule has 0 radical (unpaired) electrons. The summed E-state index contributed by atoms with van der Waals surface area (Å²) in [6.07, 6.45) is 4.79. The van der Waals surface area contributed by atoms with Crippen LogP contribution in [0.4, 0.5) is 0 Å². The topological polar surface area (TPSA) is 124 Å². The molecule has 0 aliphatic carbocycles. The summed E-state index contributed by atoms with van der Waals surface area (Å²) in [5.74, 6) is 0.372. The van der Waals surface area contributed by atoms with Gasteiger partial charge in [-0.2, -0.15) is 0 Å². The fourth-order valence-corrected chi connectivity index (χ4v) is 6.20. The Hall–Kier alpha value is -3.50. The van der Waals surface area contributed by atoms with Gasteiger partial charge in [-0.1, -0.05) is 31.5 Å². The third-order valence-electron chi connectivity index (χ3n) is 8.40. The standard InChI is InChI=1S/C32H45N3O7/c1-4-5-15-34(16-9-8-14-33)29(36)20-35-19-24(23-17-27(40-3)31-28(18-23)41-21-42-31)30(32(37)38)25(35)13-12-22-10-6-7-11-26(22)39-2/h6-7,10-11,17-18,24-25,30H,4-5,8-9,12-16,19-21,33H2,1-3H3,(H,37,38)/t24-,25+,30-/m1/s1. The summed E-state index contributed by atoms with van der Waals surface area (Å²) in [5, 5.41) is 10.6. The number of hydrogen-bond acceptors (Lipinski definition) is 8. The van der Waals surface area contributed by atoms with Crippen LogP contribution >= 0.6 is 0 Å². The number of carboxylic acids is 1. The van der Waals surface area contributed by atoms with Gasteiger partial charge in [0, 0.05) is 31.6 Å². The zero-order valence-electron chi connectivity index (χ0n) is 25.0. The van der Waals surface area contributed by atoms with Gasteiger partial charge in [0.1, 0.15) is 5.75 Å². The number of benzene rings is 2. The Morgan fingerprint density at radius 1 is 1.07 bits per heavy atom. The lowest BCUT2D eigenvalue weighted by Crippen LogP contribution is -2.45. The minimum atomic E-state index is -0.887. The van der Waals surface area contributed by atoms with Crippen molar-refractivity contribution < 1.29 is 33.6 Å². The first-order valence-electron chi connectivity index (χ1n) is 15.0. The number of methoxy groups -OCH3 is 2. The van der Waals surface area contributed by atoms with E-state index < -0.39 is 11.9 Å². The quantitative estimate of drug-likeness (QED) is 0.283. The number of hydrogen-bond donors (Lipinski definition) is 2. The van der Waals surface area contributed by atoms with Gasteiger partial charge in [0.15, 0.2) is 11.5 Å². The SMILES string of the molecule is CCCCN(CCCCN)C(=O)CN1C[C@H](c2cc(OC)c3c(c2)OCO3)[C@@H](C(=O)O)[C@@H]1CCc1ccccc1OC. The molecule has 3 atom stereocenters. The third kappa shape index (κ3) is 7.28. The second-order valence-electron chi connectivity index (χ2n) is 11.0. The number of nitrogens with zero attached hydrogens (tertiary/aromatic N) is 2. The molecular weight excluding hydrogens is 538 g/mol. The van der Waals surface area contributed by atoms with E-state index in [1.54, 1.807) is 14.2 Å². The number of aliphatic carboxylic acids is 1. The number of rotatable bonds is 16. The molecule has 3 N–H and O–H groups in total. The largest absolute Gasteiger partial charge is 0.496 e. The molecule has 2 aliphatic heterocycles. The normalized spacial score (nSPS) is 19.6. The van der Waals surface area contributed by atoms with E-state index in [0.717, 1.165) is 42.6 Å². The van der Waals surface area contributed by atoms with Gasteiger partial charge in [-0.25, -0.2) is 0 Å². The number of ether oxygens (including phenoxy) is 4. The van der Waals surface area contributed by atoms with E-state index in [1.807, 2.05) is 41.3 Å². The summed E-state index contributed by atoms with van der Waals surface area (Å²) in [6, 6.07) is 11.1. The second kappa shape index (κ2) is 15.1. The monoisotopic (exact) mass is 583 g/mol. The van der Waals surface area contributed by atoms with Crippen molar-refractivity contribution in [2.45, 2.75) is 57.4 Å². The average Bonchev–Trinajstić information content (AvgIpc) is 3.62. The summed E-state index contributed by atoms with van der Waals surface area (Å²) in [5.41, 5.74) is 7.52. The Labute approximate surface area is 248 Å². The molecule has 1 saturated heterocycles. The number of amides is 1. The first kappa shape index (κ1) is 31.4. The molecule has 4 rings (SSSR count). The molecule has 1 fully saturated rings. The van der Waals surface area contributed by atoms with Crippen LogP contribution in [0.1, 0.15) is 56.1 Å². The number of aryl methyl sites for hydroxylation is 1. The highest BCUT2D eigenvalue weighted by Crippen LogP contribution is 2.47. The van der Waals surface area contributed by atoms with Crippen molar-refractivity contribution in [2.24, 2.45) is 11.7 Å². The Morgan fingerprint density at radius 2 is 1.83 bits per heavy atom. The van der Waals surface area contributed by atoms with E-state index in [1.165, 1.54) is 0 Å². The van der Waals surface area contributed by atoms with Crippen LogP contribution in [-0.4, -0.2) is 86.6 Å². The summed E-state index contributed by atoms with van der Waals surface area (Å²) < 4.78 is 22.4. The lowest BCUT2D eigenvalue weighted by molar-refractivity contribution is -0.143. The lowest BCUT2D eigenvalue weighted by Gasteiger charge is -2.30. The smallest absolute Gasteiger partial charge is 0.308 e. The van der Waals surface area contributed by atoms with Gasteiger partial charge < -0.3 is 34.7 Å². The van der Waals surface area contributed by atoms with Crippen LogP contribution in [0.25, 0.3) is 0 Å². The number of fused-ring (bicyclic) bond motifs is 1. The molecule has 230 valence electrons. The first-order chi connectivity index (χ1) is 20.4. The van der Waals surface area contributed by atoms with Crippen molar-refractivity contribution in [1.29, 1.82) is 0 Å². The molecule has 0 unspecified atom stereocenters. The van der Waals surface area contributed by atoms with Crippen LogP contribution in [0.3, 0.4) is 0 Å². The molecule has 2 aromatic carbocycles. The number of nitrogens with two attached hydrogens (primary N) is 1. The van der Waals surface area contributed by atoms with Crippen molar-refractivity contribution in [3.63, 3.8) is 0 Å². The molecule has 0 bridgehead atoms. The first-order valence-corrected chi connectivity index (χ1v) is 15.0. The third-order valence-corrected chi connectivity index (χ3v) is 8.40. The van der Waals surface area contributed by atoms with Gasteiger partial charge in [-0.05, 0) is 68.0 Å². The maximum atomic E-state index is 13.7. The molecule has 42 heavy (non-hydrogen) atoms. The molecule has 0 spiro atoms. The van der Waals surface area contributed by atoms with Crippen LogP contribution in [-0.2, 0) is 16.0 Å². The Morgan fingerprint density at radius 3 is 2.55 bits per heavy atom. The van der Waals surface area contributed by atoms with Crippen LogP contribution in [0.5, 0.6) is 23.0 Å². The van der Waals surface area contributed by atoms with E-state index in [4.69, 9.17) is 24.7 Å². The zero-order chi connectivity index (χ0) is 30.1. The average molecular weight is 584 g/mol. The van der Waals surface area contributed by atoms with Crippen molar-refractivity contribution in [3.05, 3.63) is 47.5 Å². The van der Waals surface area contributed by atoms with Crippen molar-refractivity contribution >= 4 is 11.9 Å². The van der Waals surface area contributed by atoms with E-state index >= 15 is 0 Å². The predicted molar refractivity (Wildman–Crippen MR) is 159 cm³/mol. The molecule has 1 amide bonds. The Balaban J connectivity index is 1.64. The summed E-state index contributed by atoms with van der Waals surface area (Å²) in [7, 11) is 3.19. The van der Waals surface area contributed by atoms with Crippen LogP contribution in [0, 0.1) is 5.92 Å². The summed E-state index contributed by atoms with van der Waals surface area (Å²) in [6.45, 7) is 4.71. The fourth-order valence-electron chi connectivity index (χ4n) is 6.20. The van der Waals surface area contributed by atoms with Crippen LogP contribution in [0.15, 0.2) is 36.4 Å². The molecule has 10 nitrogen and oxygen atoms in total. The van der Waals surface area contributed by atoms with Gasteiger partial charge in [0.05, 0.1) is 26.7 Å². The van der Waals surface area contributed by atoms with Crippen LogP contribution in [0.2, 0.25) is 0 Å². The van der Waals surface area contributed by atoms with Gasteiger partial charge in [-0.15, -0.1) is 0 Å². The number of unbranched alkanes of at least 4 members (excludes halogenated alkanes) is 2. The predicted octanol–water partition coefficient (Wildman–Crippen LogP) is 3.90. The van der Waals surface area contributed by atoms with Gasteiger partial charge in [0.2, 0.25) is 18.4 Å². The highest BCUT2D eigenvalue weighted by atomic mass is 16.7. The van der Waals surface area contributed by atoms with Crippen molar-refractivity contribution in [1.82, 2.24) is 9.80 Å². The van der Waals surface area contributed by atoms with Gasteiger partial charge in [-0.3, -0.25) is 14.5 Å². The van der Waals surface area contributed by atoms with E-state index in [2.05, 4.69) is 11.8 Å². The highest BCUT2D eigenvalue weighted by molar-refractivity contribution is 5.79. The molecule has 2 heterocycles. The Bertz CT molecular complexity index is 1210. The van der Waals surface area contributed by atoms with Crippen LogP contribution < -0.4 is 24.7 Å². The van der Waals surface area contributed by atoms with E-state index in [9.17, 15) is 14.7 Å². The van der Waals surface area contributed by atoms with Crippen molar-refractivity contribution in [3.8, 4) is 23.0 Å². The highest BCUT2D eigenvalue weighted by Gasteiger charge is 2.47. The molecule has 10 heteroatoms. The molecule has 2 aromatic rings. The van der Waals surface area contributed by atoms with Crippen molar-refractivity contribution in [2.75, 3.05) is 53.7 Å². The summed E-state index contributed by atoms with van der Waals surface area (Å²) >= 11 is 0. The summed E-state index contributed by atoms with van der Waals surface area (Å²) in [4.78, 5) is 30.7. The Kier molecular flexibility index (Phi) is 11.3. The number of carbonyl (C=O) groups is 2. The van der Waals surface area contributed by atoms with E-state index in [-0.39, 0.29) is 31.2 Å². The molecule has 2 aliphatic rings. The number of likely N-dealkylation sites (tertiary alicyclic amines) is 1. The fraction of sp³-hybridized carbons (Fsp3) is 0.562. The molecule has 0 aromatic heterocycles. The maximum absolute atomic E-state index is 13.7. The maximum Gasteiger partial charge on any atom is 0.308 e. The number of carbonyl (C=O) groups excluding carboxylic acids is 1. The molecular formula is C32H45N3O7. The minimum Gasteiger partial charge on any atom is -0.496 e. The second-order valence-corrected chi connectivity index (χ2v) is 11.0. The zero-order valence-corrected chi connectivity index (χ0v) is 25.0. The lowest BCUT2D eigenvalue weighted by atomic mass is 9.83.